The quantitative estimate of drug-likeness (QED) is 0.308. The van der Waals surface area contributed by atoms with Crippen molar-refractivity contribution in [2.24, 2.45) is 16.7 Å². The average Bonchev–Trinajstić information content (AvgIpc) is 3.41. The Labute approximate surface area is 243 Å². The zero-order valence-electron chi connectivity index (χ0n) is 23.7. The number of cyclic esters (lactones) is 1. The summed E-state index contributed by atoms with van der Waals surface area (Å²) < 4.78 is 17.2. The number of hydrogen-bond donors (Lipinski definition) is 1. The average molecular weight is 572 g/mol. The molecule has 1 aromatic heterocycles. The lowest BCUT2D eigenvalue weighted by Crippen LogP contribution is -2.73. The van der Waals surface area contributed by atoms with Crippen LogP contribution < -0.4 is 0 Å². The number of carbonyl (C=O) groups is 4. The van der Waals surface area contributed by atoms with Crippen molar-refractivity contribution in [2.75, 3.05) is 6.61 Å². The van der Waals surface area contributed by atoms with Crippen LogP contribution in [-0.2, 0) is 23.8 Å². The van der Waals surface area contributed by atoms with Gasteiger partial charge in [0.05, 0.1) is 11.1 Å². The van der Waals surface area contributed by atoms with Gasteiger partial charge in [-0.05, 0) is 54.7 Å². The largest absolute Gasteiger partial charge is 0.458 e. The maximum absolute atomic E-state index is 13.5. The first kappa shape index (κ1) is 29.1. The Balaban J connectivity index is 1.66. The molecule has 218 valence electrons. The fraction of sp³-hybridized carbons (Fsp3) is 0.364. The van der Waals surface area contributed by atoms with Crippen molar-refractivity contribution in [1.82, 2.24) is 4.98 Å². The summed E-state index contributed by atoms with van der Waals surface area (Å²) in [5.74, 6) is -2.63. The molecule has 0 spiro atoms. The minimum absolute atomic E-state index is 0.0818. The summed E-state index contributed by atoms with van der Waals surface area (Å²) in [5, 5.41) is 12.5. The molecule has 9 nitrogen and oxygen atoms in total. The third-order valence-corrected chi connectivity index (χ3v) is 9.31. The van der Waals surface area contributed by atoms with E-state index in [1.165, 1.54) is 31.5 Å². The Hall–Kier alpha value is -4.37. The minimum Gasteiger partial charge on any atom is -0.458 e. The van der Waals surface area contributed by atoms with Gasteiger partial charge in [-0.25, -0.2) is 14.4 Å². The molecule has 2 fully saturated rings. The molecule has 0 saturated heterocycles. The van der Waals surface area contributed by atoms with E-state index in [4.69, 9.17) is 14.2 Å². The van der Waals surface area contributed by atoms with Gasteiger partial charge < -0.3 is 19.3 Å². The van der Waals surface area contributed by atoms with Crippen molar-refractivity contribution in [3.05, 3.63) is 102 Å². The van der Waals surface area contributed by atoms with E-state index in [0.717, 1.165) is 0 Å². The third-order valence-electron chi connectivity index (χ3n) is 9.31. The smallest absolute Gasteiger partial charge is 0.340 e. The maximum Gasteiger partial charge on any atom is 0.340 e. The molecule has 42 heavy (non-hydrogen) atoms. The number of rotatable bonds is 6. The lowest BCUT2D eigenvalue weighted by atomic mass is 9.43. The summed E-state index contributed by atoms with van der Waals surface area (Å²) in [6.07, 6.45) is 5.52. The molecule has 2 aliphatic carbocycles. The van der Waals surface area contributed by atoms with Gasteiger partial charge in [0, 0.05) is 35.7 Å². The number of nitrogens with zero attached hydrogens (tertiary/aromatic N) is 1. The summed E-state index contributed by atoms with van der Waals surface area (Å²) in [5.41, 5.74) is -3.01. The molecular weight excluding hydrogens is 538 g/mol. The monoisotopic (exact) mass is 571 g/mol. The number of aromatic nitrogens is 1. The topological polar surface area (TPSA) is 129 Å². The molecule has 9 heteroatoms. The molecule has 2 saturated carbocycles. The van der Waals surface area contributed by atoms with Crippen molar-refractivity contribution >= 4 is 23.7 Å². The summed E-state index contributed by atoms with van der Waals surface area (Å²) in [7, 11) is 0. The number of fused-ring (bicyclic) bond motifs is 1. The van der Waals surface area contributed by atoms with Crippen LogP contribution in [0.15, 0.2) is 90.8 Å². The predicted octanol–water partition coefficient (Wildman–Crippen LogP) is 4.18. The Morgan fingerprint density at radius 2 is 1.69 bits per heavy atom. The van der Waals surface area contributed by atoms with Gasteiger partial charge in [0.1, 0.15) is 12.2 Å². The molecule has 0 radical (unpaired) electrons. The van der Waals surface area contributed by atoms with Crippen LogP contribution in [0.25, 0.3) is 0 Å². The number of hydrogen-bond acceptors (Lipinski definition) is 9. The summed E-state index contributed by atoms with van der Waals surface area (Å²) >= 11 is 0. The molecule has 0 unspecified atom stereocenters. The van der Waals surface area contributed by atoms with Crippen molar-refractivity contribution in [2.45, 2.75) is 51.4 Å². The number of benzene rings is 1. The second kappa shape index (κ2) is 10.8. The molecule has 1 N–H and O–H groups in total. The first-order valence-corrected chi connectivity index (χ1v) is 13.8. The first-order chi connectivity index (χ1) is 19.9. The number of pyridine rings is 1. The predicted molar refractivity (Wildman–Crippen MR) is 151 cm³/mol. The Morgan fingerprint density at radius 1 is 1.02 bits per heavy atom. The van der Waals surface area contributed by atoms with Gasteiger partial charge in [0.15, 0.2) is 18.0 Å². The van der Waals surface area contributed by atoms with Crippen molar-refractivity contribution < 1.29 is 38.5 Å². The van der Waals surface area contributed by atoms with Crippen molar-refractivity contribution in [1.29, 1.82) is 0 Å². The molecule has 0 bridgehead atoms. The van der Waals surface area contributed by atoms with E-state index >= 15 is 0 Å². The van der Waals surface area contributed by atoms with Crippen LogP contribution in [0.4, 0.5) is 0 Å². The summed E-state index contributed by atoms with van der Waals surface area (Å²) in [6, 6.07) is 11.4. The Morgan fingerprint density at radius 3 is 2.33 bits per heavy atom. The van der Waals surface area contributed by atoms with E-state index in [2.05, 4.69) is 11.6 Å². The zero-order valence-corrected chi connectivity index (χ0v) is 23.7. The minimum atomic E-state index is -1.83. The van der Waals surface area contributed by atoms with Gasteiger partial charge in [-0.15, -0.1) is 0 Å². The lowest BCUT2D eigenvalue weighted by Gasteiger charge is -2.64. The molecule has 2 aromatic rings. The fourth-order valence-corrected chi connectivity index (χ4v) is 6.63. The van der Waals surface area contributed by atoms with E-state index in [9.17, 15) is 24.3 Å². The second-order valence-electron chi connectivity index (χ2n) is 11.6. The molecule has 1 aromatic carbocycles. The Bertz CT molecular complexity index is 1490. The van der Waals surface area contributed by atoms with Gasteiger partial charge in [-0.2, -0.15) is 0 Å². The normalized spacial score (nSPS) is 32.6. The van der Waals surface area contributed by atoms with E-state index in [-0.39, 0.29) is 35.5 Å². The van der Waals surface area contributed by atoms with Crippen LogP contribution in [0, 0.1) is 16.7 Å². The van der Waals surface area contributed by atoms with Gasteiger partial charge in [-0.3, -0.25) is 9.78 Å². The number of ether oxygens (including phenoxy) is 3. The van der Waals surface area contributed by atoms with E-state index in [0.29, 0.717) is 12.0 Å². The van der Waals surface area contributed by atoms with Crippen LogP contribution in [0.5, 0.6) is 0 Å². The second-order valence-corrected chi connectivity index (χ2v) is 11.6. The van der Waals surface area contributed by atoms with Crippen molar-refractivity contribution in [3.63, 3.8) is 0 Å². The van der Waals surface area contributed by atoms with Gasteiger partial charge in [0.25, 0.3) is 0 Å². The van der Waals surface area contributed by atoms with Crippen LogP contribution >= 0.6 is 0 Å². The standard InChI is InChI=1S/C33H33NO8/c1-20-24(35)12-13-25-31(2,15-14-21-17-26(36)40-19-21)33(4,39)28(42-29(37)22-9-6-5-7-10-22)27(32(20,25)3)41-30(38)23-11-8-16-34-18-23/h5-11,14-18,25,27-28,39H,1,12-13,19H2,2-4H3/b15-14+/t25-,27+,28+,31-,32+,33+/m1/s1. The molecule has 1 aliphatic heterocycles. The van der Waals surface area contributed by atoms with Crippen LogP contribution in [0.1, 0.15) is 54.3 Å². The van der Waals surface area contributed by atoms with E-state index < -0.39 is 52.5 Å². The maximum atomic E-state index is 13.5. The number of esters is 3. The molecular formula is C33H33NO8. The SMILES string of the molecule is C=C1C(=O)CC[C@H]2[C@@]1(C)[C@@H](OC(=O)c1cccnc1)[C@H](OC(=O)c1ccccc1)[C@](C)(O)[C@]2(C)/C=C/C1=CC(=O)OC1. The van der Waals surface area contributed by atoms with Crippen molar-refractivity contribution in [3.8, 4) is 0 Å². The van der Waals surface area contributed by atoms with Crippen LogP contribution in [-0.4, -0.2) is 58.2 Å². The van der Waals surface area contributed by atoms with Crippen LogP contribution in [0.2, 0.25) is 0 Å². The molecule has 5 rings (SSSR count). The first-order valence-electron chi connectivity index (χ1n) is 13.8. The summed E-state index contributed by atoms with van der Waals surface area (Å²) in [6.45, 7) is 9.34. The van der Waals surface area contributed by atoms with Gasteiger partial charge in [0.2, 0.25) is 0 Å². The number of ketones is 1. The van der Waals surface area contributed by atoms with Gasteiger partial charge in [-0.1, -0.05) is 50.8 Å². The highest BCUT2D eigenvalue weighted by Gasteiger charge is 2.71. The number of Topliss-reactive ketones (excluding diaryl/α,β-unsaturated/α-hetero) is 1. The Kier molecular flexibility index (Phi) is 7.49. The lowest BCUT2D eigenvalue weighted by molar-refractivity contribution is -0.251. The molecule has 3 aliphatic rings. The molecule has 2 heterocycles. The fourth-order valence-electron chi connectivity index (χ4n) is 6.63. The zero-order chi connectivity index (χ0) is 30.3. The highest BCUT2D eigenvalue weighted by Crippen LogP contribution is 2.64. The van der Waals surface area contributed by atoms with E-state index in [1.54, 1.807) is 55.5 Å². The number of carbonyl (C=O) groups excluding carboxylic acids is 4. The highest BCUT2D eigenvalue weighted by molar-refractivity contribution is 5.97. The van der Waals surface area contributed by atoms with Crippen LogP contribution in [0.3, 0.4) is 0 Å². The number of aliphatic hydroxyl groups is 1. The third kappa shape index (κ3) is 4.77. The highest BCUT2D eigenvalue weighted by atomic mass is 16.6. The van der Waals surface area contributed by atoms with Gasteiger partial charge >= 0.3 is 17.9 Å². The molecule has 6 atom stereocenters. The van der Waals surface area contributed by atoms with E-state index in [1.807, 2.05) is 6.92 Å². The molecule has 0 amide bonds. The summed E-state index contributed by atoms with van der Waals surface area (Å²) in [4.78, 5) is 55.8.